The monoisotopic (exact) mass is 287 g/mol. The molecule has 0 bridgehead atoms. The number of carbonyl (C=O) groups is 1. The fraction of sp³-hybridized carbons (Fsp3) is 0.615. The van der Waals surface area contributed by atoms with Crippen LogP contribution < -0.4 is 5.32 Å². The quantitative estimate of drug-likeness (QED) is 0.687. The zero-order valence-electron chi connectivity index (χ0n) is 10.7. The summed E-state index contributed by atoms with van der Waals surface area (Å²) in [6.07, 6.45) is 2.91. The number of aliphatic hydroxyl groups excluding tert-OH is 1. The maximum absolute atomic E-state index is 11.7. The Kier molecular flexibility index (Phi) is 8.13. The Morgan fingerprint density at radius 2 is 2.39 bits per heavy atom. The number of hydrogen-bond donors (Lipinski definition) is 2. The van der Waals surface area contributed by atoms with Crippen molar-refractivity contribution in [1.29, 1.82) is 0 Å². The van der Waals surface area contributed by atoms with Crippen LogP contribution in [0, 0.1) is 5.92 Å². The van der Waals surface area contributed by atoms with Gasteiger partial charge in [0.15, 0.2) is 0 Å². The van der Waals surface area contributed by atoms with Crippen molar-refractivity contribution >= 4 is 29.0 Å². The molecule has 0 aliphatic heterocycles. The largest absolute Gasteiger partial charge is 0.396 e. The topological polar surface area (TPSA) is 49.3 Å². The minimum atomic E-state index is 0.0763. The highest BCUT2D eigenvalue weighted by Gasteiger charge is 2.09. The first kappa shape index (κ1) is 15.5. The number of carbonyl (C=O) groups excluding carboxylic acids is 1. The molecule has 1 amide bonds. The molecule has 1 rings (SSSR count). The molecule has 0 aliphatic carbocycles. The van der Waals surface area contributed by atoms with Crippen molar-refractivity contribution < 1.29 is 9.90 Å². The van der Waals surface area contributed by atoms with Crippen LogP contribution in [0.4, 0.5) is 0 Å². The van der Waals surface area contributed by atoms with Gasteiger partial charge in [0.25, 0.3) is 0 Å². The van der Waals surface area contributed by atoms with Crippen molar-refractivity contribution in [3.8, 4) is 0 Å². The lowest BCUT2D eigenvalue weighted by Crippen LogP contribution is -2.31. The highest BCUT2D eigenvalue weighted by Crippen LogP contribution is 2.22. The van der Waals surface area contributed by atoms with Gasteiger partial charge in [-0.25, -0.2) is 0 Å². The first-order valence-corrected chi connectivity index (χ1v) is 8.16. The Morgan fingerprint density at radius 3 is 3.00 bits per heavy atom. The van der Waals surface area contributed by atoms with Crippen molar-refractivity contribution in [3.05, 3.63) is 17.5 Å². The summed E-state index contributed by atoms with van der Waals surface area (Å²) in [6.45, 7) is 3.00. The van der Waals surface area contributed by atoms with Crippen molar-refractivity contribution in [2.45, 2.75) is 30.4 Å². The van der Waals surface area contributed by atoms with Crippen LogP contribution in [0.2, 0.25) is 0 Å². The fourth-order valence-electron chi connectivity index (χ4n) is 1.73. The Balaban J connectivity index is 2.18. The molecule has 1 unspecified atom stereocenters. The summed E-state index contributed by atoms with van der Waals surface area (Å²) in [5, 5.41) is 13.9. The van der Waals surface area contributed by atoms with Crippen LogP contribution in [0.15, 0.2) is 21.7 Å². The number of aliphatic hydroxyl groups is 1. The summed E-state index contributed by atoms with van der Waals surface area (Å²) >= 11 is 3.23. The summed E-state index contributed by atoms with van der Waals surface area (Å²) in [6, 6.07) is 4.01. The van der Waals surface area contributed by atoms with Gasteiger partial charge in [-0.2, -0.15) is 0 Å². The lowest BCUT2D eigenvalue weighted by molar-refractivity contribution is -0.118. The van der Waals surface area contributed by atoms with Gasteiger partial charge >= 0.3 is 0 Å². The van der Waals surface area contributed by atoms with E-state index >= 15 is 0 Å². The first-order valence-electron chi connectivity index (χ1n) is 6.30. The van der Waals surface area contributed by atoms with Crippen molar-refractivity contribution in [2.75, 3.05) is 18.9 Å². The summed E-state index contributed by atoms with van der Waals surface area (Å²) in [7, 11) is 0. The zero-order chi connectivity index (χ0) is 13.2. The van der Waals surface area contributed by atoms with Crippen LogP contribution in [0.5, 0.6) is 0 Å². The fourth-order valence-corrected chi connectivity index (χ4v) is 3.34. The molecule has 5 heteroatoms. The van der Waals surface area contributed by atoms with E-state index in [2.05, 4.69) is 12.2 Å². The number of hydrogen-bond acceptors (Lipinski definition) is 4. The molecular formula is C13H21NO2S2. The maximum atomic E-state index is 11.7. The molecule has 1 atom stereocenters. The molecule has 18 heavy (non-hydrogen) atoms. The minimum Gasteiger partial charge on any atom is -0.396 e. The molecule has 0 radical (unpaired) electrons. The van der Waals surface area contributed by atoms with E-state index < -0.39 is 0 Å². The van der Waals surface area contributed by atoms with Crippen molar-refractivity contribution in [1.82, 2.24) is 5.32 Å². The third-order valence-electron chi connectivity index (χ3n) is 2.66. The summed E-state index contributed by atoms with van der Waals surface area (Å²) in [4.78, 5) is 11.7. The molecule has 1 aromatic rings. The minimum absolute atomic E-state index is 0.0763. The summed E-state index contributed by atoms with van der Waals surface area (Å²) < 4.78 is 1.17. The Labute approximate surface area is 117 Å². The number of thioether (sulfide) groups is 1. The molecule has 0 aliphatic rings. The zero-order valence-corrected chi connectivity index (χ0v) is 12.4. The van der Waals surface area contributed by atoms with Gasteiger partial charge in [0.1, 0.15) is 0 Å². The average molecular weight is 287 g/mol. The van der Waals surface area contributed by atoms with Gasteiger partial charge in [0, 0.05) is 13.2 Å². The third-order valence-corrected chi connectivity index (χ3v) is 4.79. The van der Waals surface area contributed by atoms with Crippen LogP contribution in [0.1, 0.15) is 26.2 Å². The summed E-state index contributed by atoms with van der Waals surface area (Å²) in [5.41, 5.74) is 0. The first-order chi connectivity index (χ1) is 8.76. The molecule has 0 saturated carbocycles. The lowest BCUT2D eigenvalue weighted by Gasteiger charge is -2.15. The van der Waals surface area contributed by atoms with E-state index in [9.17, 15) is 4.79 Å². The lowest BCUT2D eigenvalue weighted by atomic mass is 10.0. The van der Waals surface area contributed by atoms with Crippen LogP contribution in [0.3, 0.4) is 0 Å². The maximum Gasteiger partial charge on any atom is 0.230 e. The molecule has 0 spiro atoms. The Hall–Kier alpha value is -0.520. The normalized spacial score (nSPS) is 12.3. The van der Waals surface area contributed by atoms with Crippen molar-refractivity contribution in [2.24, 2.45) is 5.92 Å². The van der Waals surface area contributed by atoms with E-state index in [1.165, 1.54) is 4.21 Å². The highest BCUT2D eigenvalue weighted by atomic mass is 32.2. The standard InChI is InChI=1S/C13H21NO2S2/c1-2-4-11(6-7-15)9-14-12(16)10-18-13-5-3-8-17-13/h3,5,8,11,15H,2,4,6-7,9-10H2,1H3,(H,14,16). The number of rotatable bonds is 9. The van der Waals surface area contributed by atoms with Crippen LogP contribution >= 0.6 is 23.1 Å². The highest BCUT2D eigenvalue weighted by molar-refractivity contribution is 8.01. The summed E-state index contributed by atoms with van der Waals surface area (Å²) in [5.74, 6) is 0.946. The van der Waals surface area contributed by atoms with E-state index in [0.29, 0.717) is 18.2 Å². The predicted molar refractivity (Wildman–Crippen MR) is 78.2 cm³/mol. The van der Waals surface area contributed by atoms with E-state index in [0.717, 1.165) is 19.3 Å². The van der Waals surface area contributed by atoms with Gasteiger partial charge in [-0.1, -0.05) is 19.4 Å². The number of nitrogens with one attached hydrogen (secondary N) is 1. The molecule has 102 valence electrons. The van der Waals surface area contributed by atoms with Gasteiger partial charge < -0.3 is 10.4 Å². The number of amides is 1. The van der Waals surface area contributed by atoms with E-state index in [4.69, 9.17) is 5.11 Å². The molecular weight excluding hydrogens is 266 g/mol. The van der Waals surface area contributed by atoms with Gasteiger partial charge in [0.2, 0.25) is 5.91 Å². The van der Waals surface area contributed by atoms with Gasteiger partial charge in [0.05, 0.1) is 9.96 Å². The smallest absolute Gasteiger partial charge is 0.230 e. The second kappa shape index (κ2) is 9.42. The van der Waals surface area contributed by atoms with E-state index in [1.807, 2.05) is 17.5 Å². The molecule has 0 saturated heterocycles. The molecule has 2 N–H and O–H groups in total. The van der Waals surface area contributed by atoms with Crippen LogP contribution in [-0.2, 0) is 4.79 Å². The van der Waals surface area contributed by atoms with Crippen molar-refractivity contribution in [3.63, 3.8) is 0 Å². The predicted octanol–water partition coefficient (Wildman–Crippen LogP) is 2.76. The van der Waals surface area contributed by atoms with Gasteiger partial charge in [-0.3, -0.25) is 4.79 Å². The molecule has 0 fully saturated rings. The van der Waals surface area contributed by atoms with Gasteiger partial charge in [-0.05, 0) is 30.2 Å². The van der Waals surface area contributed by atoms with Crippen LogP contribution in [-0.4, -0.2) is 29.9 Å². The number of thiophene rings is 1. The SMILES string of the molecule is CCCC(CCO)CNC(=O)CSc1cccs1. The second-order valence-electron chi connectivity index (χ2n) is 4.19. The van der Waals surface area contributed by atoms with Gasteiger partial charge in [-0.15, -0.1) is 23.1 Å². The third kappa shape index (κ3) is 6.42. The molecule has 3 nitrogen and oxygen atoms in total. The van der Waals surface area contributed by atoms with E-state index in [1.54, 1.807) is 23.1 Å². The second-order valence-corrected chi connectivity index (χ2v) is 6.42. The Bertz CT molecular complexity index is 322. The molecule has 1 aromatic heterocycles. The average Bonchev–Trinajstić information content (AvgIpc) is 2.87. The van der Waals surface area contributed by atoms with E-state index in [-0.39, 0.29) is 12.5 Å². The van der Waals surface area contributed by atoms with Crippen LogP contribution in [0.25, 0.3) is 0 Å². The Morgan fingerprint density at radius 1 is 1.56 bits per heavy atom. The molecule has 1 heterocycles. The molecule has 0 aromatic carbocycles.